The summed E-state index contributed by atoms with van der Waals surface area (Å²) < 4.78 is 26.3. The summed E-state index contributed by atoms with van der Waals surface area (Å²) in [6.45, 7) is 5.41. The highest BCUT2D eigenvalue weighted by atomic mass is 32.2. The Bertz CT molecular complexity index is 1140. The molecule has 5 nitrogen and oxygen atoms in total. The van der Waals surface area contributed by atoms with Crippen LogP contribution in [-0.2, 0) is 14.8 Å². The Morgan fingerprint density at radius 3 is 1.94 bits per heavy atom. The van der Waals surface area contributed by atoms with Gasteiger partial charge in [0.25, 0.3) is 0 Å². The molecule has 3 rings (SSSR count). The predicted octanol–water partition coefficient (Wildman–Crippen LogP) is 4.28. The quantitative estimate of drug-likeness (QED) is 0.601. The molecule has 162 valence electrons. The van der Waals surface area contributed by atoms with E-state index in [1.54, 1.807) is 0 Å². The van der Waals surface area contributed by atoms with Crippen molar-refractivity contribution in [2.24, 2.45) is 0 Å². The van der Waals surface area contributed by atoms with E-state index in [9.17, 15) is 13.2 Å². The molecule has 0 aliphatic rings. The number of amides is 1. The SMILES string of the molecule is Cc1ccc([C@@H](NC(=O)CN(c2c(C)cccc2C)S(C)(=O)=O)c2ccccc2)cc1. The lowest BCUT2D eigenvalue weighted by Gasteiger charge is -2.27. The van der Waals surface area contributed by atoms with Crippen LogP contribution in [0.25, 0.3) is 0 Å². The number of carbonyl (C=O) groups is 1. The van der Waals surface area contributed by atoms with Crippen molar-refractivity contribution in [3.8, 4) is 0 Å². The fraction of sp³-hybridized carbons (Fsp3) is 0.240. The van der Waals surface area contributed by atoms with E-state index in [1.807, 2.05) is 93.6 Å². The highest BCUT2D eigenvalue weighted by molar-refractivity contribution is 7.92. The molecule has 0 aromatic heterocycles. The lowest BCUT2D eigenvalue weighted by molar-refractivity contribution is -0.120. The lowest BCUT2D eigenvalue weighted by Crippen LogP contribution is -2.42. The molecule has 3 aromatic carbocycles. The van der Waals surface area contributed by atoms with Crippen LogP contribution in [0.4, 0.5) is 5.69 Å². The van der Waals surface area contributed by atoms with Crippen molar-refractivity contribution in [1.29, 1.82) is 0 Å². The summed E-state index contributed by atoms with van der Waals surface area (Å²) in [5.41, 5.74) is 5.14. The highest BCUT2D eigenvalue weighted by Gasteiger charge is 2.25. The zero-order chi connectivity index (χ0) is 22.6. The lowest BCUT2D eigenvalue weighted by atomic mass is 9.98. The van der Waals surface area contributed by atoms with Crippen molar-refractivity contribution >= 4 is 21.6 Å². The molecule has 1 atom stereocenters. The largest absolute Gasteiger partial charge is 0.344 e. The van der Waals surface area contributed by atoms with Gasteiger partial charge in [-0.3, -0.25) is 9.10 Å². The van der Waals surface area contributed by atoms with Crippen molar-refractivity contribution in [1.82, 2.24) is 5.32 Å². The van der Waals surface area contributed by atoms with Crippen LogP contribution in [0.2, 0.25) is 0 Å². The topological polar surface area (TPSA) is 66.5 Å². The van der Waals surface area contributed by atoms with E-state index < -0.39 is 10.0 Å². The minimum absolute atomic E-state index is 0.292. The number of para-hydroxylation sites is 1. The van der Waals surface area contributed by atoms with E-state index >= 15 is 0 Å². The van der Waals surface area contributed by atoms with Crippen LogP contribution in [0.15, 0.2) is 72.8 Å². The summed E-state index contributed by atoms with van der Waals surface area (Å²) in [7, 11) is -3.66. The monoisotopic (exact) mass is 436 g/mol. The molecule has 0 radical (unpaired) electrons. The smallest absolute Gasteiger partial charge is 0.241 e. The van der Waals surface area contributed by atoms with E-state index in [4.69, 9.17) is 0 Å². The van der Waals surface area contributed by atoms with Gasteiger partial charge < -0.3 is 5.32 Å². The fourth-order valence-electron chi connectivity index (χ4n) is 3.66. The van der Waals surface area contributed by atoms with Gasteiger partial charge in [0.05, 0.1) is 18.0 Å². The first kappa shape index (κ1) is 22.6. The van der Waals surface area contributed by atoms with E-state index in [1.165, 1.54) is 4.31 Å². The Morgan fingerprint density at radius 1 is 0.839 bits per heavy atom. The van der Waals surface area contributed by atoms with Gasteiger partial charge in [-0.2, -0.15) is 0 Å². The maximum absolute atomic E-state index is 13.1. The van der Waals surface area contributed by atoms with Gasteiger partial charge >= 0.3 is 0 Å². The second-order valence-electron chi connectivity index (χ2n) is 7.83. The van der Waals surface area contributed by atoms with E-state index in [-0.39, 0.29) is 18.5 Å². The summed E-state index contributed by atoms with van der Waals surface area (Å²) in [5.74, 6) is -0.373. The van der Waals surface area contributed by atoms with Crippen molar-refractivity contribution in [2.45, 2.75) is 26.8 Å². The molecule has 0 aliphatic carbocycles. The van der Waals surface area contributed by atoms with Crippen LogP contribution in [-0.4, -0.2) is 27.1 Å². The van der Waals surface area contributed by atoms with Crippen molar-refractivity contribution in [3.63, 3.8) is 0 Å². The standard InChI is InChI=1S/C25H28N2O3S/c1-18-13-15-22(16-14-18)24(21-11-6-5-7-12-21)26-23(28)17-27(31(4,29)30)25-19(2)9-8-10-20(25)3/h5-16,24H,17H2,1-4H3,(H,26,28)/t24-/m0/s1. The number of hydrogen-bond donors (Lipinski definition) is 1. The maximum atomic E-state index is 13.1. The third-order valence-corrected chi connectivity index (χ3v) is 6.34. The molecule has 0 aliphatic heterocycles. The first-order valence-corrected chi connectivity index (χ1v) is 12.0. The maximum Gasteiger partial charge on any atom is 0.241 e. The Labute approximate surface area is 184 Å². The summed E-state index contributed by atoms with van der Waals surface area (Å²) in [4.78, 5) is 13.1. The van der Waals surface area contributed by atoms with Crippen LogP contribution < -0.4 is 9.62 Å². The number of hydrogen-bond acceptors (Lipinski definition) is 3. The van der Waals surface area contributed by atoms with Gasteiger partial charge in [0.2, 0.25) is 15.9 Å². The van der Waals surface area contributed by atoms with Gasteiger partial charge in [-0.15, -0.1) is 0 Å². The third-order valence-electron chi connectivity index (χ3n) is 5.23. The average molecular weight is 437 g/mol. The zero-order valence-electron chi connectivity index (χ0n) is 18.3. The molecule has 3 aromatic rings. The van der Waals surface area contributed by atoms with Crippen LogP contribution in [0, 0.1) is 20.8 Å². The normalized spacial score (nSPS) is 12.3. The van der Waals surface area contributed by atoms with Crippen molar-refractivity contribution < 1.29 is 13.2 Å². The van der Waals surface area contributed by atoms with Crippen LogP contribution >= 0.6 is 0 Å². The number of carbonyl (C=O) groups excluding carboxylic acids is 1. The van der Waals surface area contributed by atoms with Crippen LogP contribution in [0.5, 0.6) is 0 Å². The average Bonchev–Trinajstić information content (AvgIpc) is 2.72. The first-order valence-electron chi connectivity index (χ1n) is 10.1. The Morgan fingerprint density at radius 2 is 1.39 bits per heavy atom. The highest BCUT2D eigenvalue weighted by Crippen LogP contribution is 2.27. The molecule has 1 amide bonds. The molecule has 6 heteroatoms. The van der Waals surface area contributed by atoms with Gasteiger partial charge in [-0.25, -0.2) is 8.42 Å². The number of benzene rings is 3. The molecule has 0 spiro atoms. The van der Waals surface area contributed by atoms with E-state index in [2.05, 4.69) is 5.32 Å². The second kappa shape index (κ2) is 9.35. The second-order valence-corrected chi connectivity index (χ2v) is 9.74. The molecule has 0 saturated heterocycles. The van der Waals surface area contributed by atoms with E-state index in [0.717, 1.165) is 34.1 Å². The van der Waals surface area contributed by atoms with Crippen molar-refractivity contribution in [2.75, 3.05) is 17.1 Å². The summed E-state index contributed by atoms with van der Waals surface area (Å²) in [6, 6.07) is 22.8. The summed E-state index contributed by atoms with van der Waals surface area (Å²) in [6.07, 6.45) is 1.13. The minimum atomic E-state index is -3.66. The minimum Gasteiger partial charge on any atom is -0.344 e. The number of anilines is 1. The Balaban J connectivity index is 1.93. The number of nitrogens with zero attached hydrogens (tertiary/aromatic N) is 1. The predicted molar refractivity (Wildman–Crippen MR) is 126 cm³/mol. The van der Waals surface area contributed by atoms with Gasteiger partial charge in [-0.1, -0.05) is 78.4 Å². The molecule has 0 heterocycles. The van der Waals surface area contributed by atoms with Gasteiger partial charge in [0.15, 0.2) is 0 Å². The molecule has 0 bridgehead atoms. The molecule has 31 heavy (non-hydrogen) atoms. The van der Waals surface area contributed by atoms with Crippen molar-refractivity contribution in [3.05, 3.63) is 101 Å². The number of sulfonamides is 1. The Kier molecular flexibility index (Phi) is 6.81. The summed E-state index contributed by atoms with van der Waals surface area (Å²) in [5, 5.41) is 3.04. The molecular formula is C25H28N2O3S. The van der Waals surface area contributed by atoms with Gasteiger partial charge in [0.1, 0.15) is 6.54 Å². The molecule has 0 saturated carbocycles. The van der Waals surface area contributed by atoms with Gasteiger partial charge in [-0.05, 0) is 43.0 Å². The third kappa shape index (κ3) is 5.52. The van der Waals surface area contributed by atoms with Crippen LogP contribution in [0.1, 0.15) is 33.9 Å². The Hall–Kier alpha value is -3.12. The molecule has 1 N–H and O–H groups in total. The number of aryl methyl sites for hydroxylation is 3. The first-order chi connectivity index (χ1) is 14.7. The number of rotatable bonds is 7. The summed E-state index contributed by atoms with van der Waals surface area (Å²) >= 11 is 0. The van der Waals surface area contributed by atoms with E-state index in [0.29, 0.717) is 5.69 Å². The number of nitrogens with one attached hydrogen (secondary N) is 1. The fourth-order valence-corrected chi connectivity index (χ4v) is 4.63. The molecular weight excluding hydrogens is 408 g/mol. The molecule has 0 fully saturated rings. The molecule has 0 unspecified atom stereocenters. The van der Waals surface area contributed by atoms with Gasteiger partial charge in [0, 0.05) is 0 Å². The van der Waals surface area contributed by atoms with Crippen LogP contribution in [0.3, 0.4) is 0 Å². The zero-order valence-corrected chi connectivity index (χ0v) is 19.1.